The summed E-state index contributed by atoms with van der Waals surface area (Å²) in [6, 6.07) is 11.8. The number of aryl methyl sites for hydroxylation is 1. The summed E-state index contributed by atoms with van der Waals surface area (Å²) in [4.78, 5) is 12.2. The van der Waals surface area contributed by atoms with E-state index in [1.165, 1.54) is 16.0 Å². The van der Waals surface area contributed by atoms with Gasteiger partial charge in [0.25, 0.3) is 5.56 Å². The quantitative estimate of drug-likeness (QED) is 0.795. The molecule has 2 aromatic rings. The van der Waals surface area contributed by atoms with Gasteiger partial charge in [-0.1, -0.05) is 30.3 Å². The number of hydrogen-bond acceptors (Lipinski definition) is 4. The average Bonchev–Trinajstić information content (AvgIpc) is 2.49. The molecule has 20 heavy (non-hydrogen) atoms. The summed E-state index contributed by atoms with van der Waals surface area (Å²) in [6.07, 6.45) is 3.89. The zero-order chi connectivity index (χ0) is 14.2. The number of aliphatic hydroxyl groups is 1. The molecule has 0 aliphatic carbocycles. The maximum absolute atomic E-state index is 12.2. The predicted molar refractivity (Wildman–Crippen MR) is 81.7 cm³/mol. The average molecular weight is 290 g/mol. The molecular formula is C15H18N2O2S. The van der Waals surface area contributed by atoms with Crippen molar-refractivity contribution in [2.75, 3.05) is 6.61 Å². The molecule has 0 unspecified atom stereocenters. The van der Waals surface area contributed by atoms with E-state index in [9.17, 15) is 4.79 Å². The highest BCUT2D eigenvalue weighted by atomic mass is 32.2. The Morgan fingerprint density at radius 3 is 2.70 bits per heavy atom. The number of rotatable bonds is 7. The number of nitrogens with zero attached hydrogens (tertiary/aromatic N) is 2. The molecule has 1 N–H and O–H groups in total. The molecule has 2 rings (SSSR count). The molecule has 0 atom stereocenters. The number of aliphatic hydroxyl groups excluding tert-OH is 1. The van der Waals surface area contributed by atoms with Gasteiger partial charge in [-0.15, -0.1) is 0 Å². The first kappa shape index (κ1) is 14.8. The number of unbranched alkanes of at least 4 members (excludes halogenated alkanes) is 1. The SMILES string of the molecule is O=c1c(CCCCO)ccnn1SCc1ccccc1. The monoisotopic (exact) mass is 290 g/mol. The Labute approximate surface area is 122 Å². The fraction of sp³-hybridized carbons (Fsp3) is 0.333. The van der Waals surface area contributed by atoms with Gasteiger partial charge in [-0.25, -0.2) is 0 Å². The van der Waals surface area contributed by atoms with Gasteiger partial charge in [0.15, 0.2) is 0 Å². The van der Waals surface area contributed by atoms with Crippen LogP contribution in [-0.2, 0) is 12.2 Å². The van der Waals surface area contributed by atoms with Crippen molar-refractivity contribution in [1.82, 2.24) is 9.19 Å². The van der Waals surface area contributed by atoms with Crippen LogP contribution in [0.15, 0.2) is 47.4 Å². The van der Waals surface area contributed by atoms with E-state index in [4.69, 9.17) is 5.11 Å². The molecule has 0 amide bonds. The summed E-state index contributed by atoms with van der Waals surface area (Å²) in [5, 5.41) is 12.9. The zero-order valence-corrected chi connectivity index (χ0v) is 12.1. The van der Waals surface area contributed by atoms with E-state index in [0.717, 1.165) is 24.0 Å². The number of aromatic nitrogens is 2. The molecule has 1 aromatic carbocycles. The van der Waals surface area contributed by atoms with Crippen LogP contribution in [0.2, 0.25) is 0 Å². The molecule has 0 radical (unpaired) electrons. The Kier molecular flexibility index (Phi) is 5.83. The molecule has 1 heterocycles. The largest absolute Gasteiger partial charge is 0.396 e. The lowest BCUT2D eigenvalue weighted by Gasteiger charge is -2.06. The standard InChI is InChI=1S/C15H18N2O2S/c18-11-5-4-8-14-9-10-16-17(15(14)19)20-12-13-6-2-1-3-7-13/h1-3,6-7,9-10,18H,4-5,8,11-12H2. The molecule has 4 nitrogen and oxygen atoms in total. The lowest BCUT2D eigenvalue weighted by atomic mass is 10.1. The Morgan fingerprint density at radius 1 is 1.15 bits per heavy atom. The van der Waals surface area contributed by atoms with Crippen molar-refractivity contribution < 1.29 is 5.11 Å². The first-order valence-electron chi connectivity index (χ1n) is 6.66. The highest BCUT2D eigenvalue weighted by molar-refractivity contribution is 7.96. The van der Waals surface area contributed by atoms with Crippen LogP contribution in [0.25, 0.3) is 0 Å². The molecule has 0 spiro atoms. The summed E-state index contributed by atoms with van der Waals surface area (Å²) in [7, 11) is 0. The fourth-order valence-corrected chi connectivity index (χ4v) is 2.67. The van der Waals surface area contributed by atoms with Gasteiger partial charge in [-0.05, 0) is 42.8 Å². The van der Waals surface area contributed by atoms with Gasteiger partial charge in [0, 0.05) is 24.1 Å². The first-order valence-corrected chi connectivity index (χ1v) is 7.61. The fourth-order valence-electron chi connectivity index (χ4n) is 1.85. The van der Waals surface area contributed by atoms with E-state index in [2.05, 4.69) is 5.10 Å². The molecule has 106 valence electrons. The van der Waals surface area contributed by atoms with Gasteiger partial charge in [0.05, 0.1) is 0 Å². The van der Waals surface area contributed by atoms with Crippen molar-refractivity contribution in [3.8, 4) is 0 Å². The smallest absolute Gasteiger partial charge is 0.280 e. The summed E-state index contributed by atoms with van der Waals surface area (Å²) < 4.78 is 1.45. The maximum Gasteiger partial charge on any atom is 0.280 e. The van der Waals surface area contributed by atoms with Gasteiger partial charge in [-0.3, -0.25) is 4.79 Å². The van der Waals surface area contributed by atoms with E-state index in [-0.39, 0.29) is 12.2 Å². The van der Waals surface area contributed by atoms with Crippen LogP contribution in [0.3, 0.4) is 0 Å². The highest BCUT2D eigenvalue weighted by Crippen LogP contribution is 2.11. The normalized spacial score (nSPS) is 10.7. The molecule has 1 aromatic heterocycles. The molecule has 0 aliphatic rings. The van der Waals surface area contributed by atoms with Crippen LogP contribution in [0, 0.1) is 0 Å². The highest BCUT2D eigenvalue weighted by Gasteiger charge is 2.05. The van der Waals surface area contributed by atoms with E-state index >= 15 is 0 Å². The van der Waals surface area contributed by atoms with Crippen LogP contribution in [0.1, 0.15) is 24.0 Å². The second-order valence-electron chi connectivity index (χ2n) is 4.47. The minimum Gasteiger partial charge on any atom is -0.396 e. The van der Waals surface area contributed by atoms with Gasteiger partial charge in [-0.2, -0.15) is 9.19 Å². The van der Waals surface area contributed by atoms with Crippen molar-refractivity contribution >= 4 is 11.9 Å². The first-order chi connectivity index (χ1) is 9.81. The second-order valence-corrected chi connectivity index (χ2v) is 5.37. The van der Waals surface area contributed by atoms with Crippen LogP contribution in [0.4, 0.5) is 0 Å². The molecule has 0 saturated carbocycles. The summed E-state index contributed by atoms with van der Waals surface area (Å²) in [5.74, 6) is 0.716. The third-order valence-corrected chi connectivity index (χ3v) is 3.91. The van der Waals surface area contributed by atoms with Gasteiger partial charge < -0.3 is 5.11 Å². The molecule has 5 heteroatoms. The minimum atomic E-state index is -0.0497. The maximum atomic E-state index is 12.2. The number of benzene rings is 1. The van der Waals surface area contributed by atoms with Crippen molar-refractivity contribution in [2.24, 2.45) is 0 Å². The van der Waals surface area contributed by atoms with Crippen LogP contribution >= 0.6 is 11.9 Å². The minimum absolute atomic E-state index is 0.0497. The molecule has 0 aliphatic heterocycles. The zero-order valence-electron chi connectivity index (χ0n) is 11.2. The summed E-state index contributed by atoms with van der Waals surface area (Å²) in [6.45, 7) is 0.169. The predicted octanol–water partition coefficient (Wildman–Crippen LogP) is 2.25. The topological polar surface area (TPSA) is 55.1 Å². The lowest BCUT2D eigenvalue weighted by Crippen LogP contribution is -2.21. The third-order valence-electron chi connectivity index (χ3n) is 2.95. The molecule has 0 saturated heterocycles. The lowest BCUT2D eigenvalue weighted by molar-refractivity contribution is 0.284. The Hall–Kier alpha value is -1.59. The molecular weight excluding hydrogens is 272 g/mol. The molecule has 0 bridgehead atoms. The van der Waals surface area contributed by atoms with Gasteiger partial charge >= 0.3 is 0 Å². The Morgan fingerprint density at radius 2 is 1.95 bits per heavy atom. The van der Waals surface area contributed by atoms with E-state index in [1.54, 1.807) is 12.3 Å². The third kappa shape index (κ3) is 4.21. The van der Waals surface area contributed by atoms with Crippen molar-refractivity contribution in [3.05, 3.63) is 64.1 Å². The van der Waals surface area contributed by atoms with Crippen LogP contribution < -0.4 is 5.56 Å². The molecule has 0 fully saturated rings. The van der Waals surface area contributed by atoms with E-state index < -0.39 is 0 Å². The number of hydrogen-bond donors (Lipinski definition) is 1. The Balaban J connectivity index is 2.01. The van der Waals surface area contributed by atoms with Crippen molar-refractivity contribution in [2.45, 2.75) is 25.0 Å². The van der Waals surface area contributed by atoms with Crippen LogP contribution in [-0.4, -0.2) is 20.9 Å². The summed E-state index contributed by atoms with van der Waals surface area (Å²) >= 11 is 1.40. The van der Waals surface area contributed by atoms with Gasteiger partial charge in [0.2, 0.25) is 0 Å². The van der Waals surface area contributed by atoms with Crippen LogP contribution in [0.5, 0.6) is 0 Å². The van der Waals surface area contributed by atoms with E-state index in [0.29, 0.717) is 12.2 Å². The second kappa shape index (κ2) is 7.87. The Bertz CT molecular complexity index is 584. The van der Waals surface area contributed by atoms with Gasteiger partial charge in [0.1, 0.15) is 0 Å². The summed E-state index contributed by atoms with van der Waals surface area (Å²) in [5.41, 5.74) is 1.87. The van der Waals surface area contributed by atoms with Crippen molar-refractivity contribution in [3.63, 3.8) is 0 Å². The van der Waals surface area contributed by atoms with E-state index in [1.807, 2.05) is 30.3 Å². The van der Waals surface area contributed by atoms with Crippen molar-refractivity contribution in [1.29, 1.82) is 0 Å².